The maximum Gasteiger partial charge on any atom is 0.253 e. The number of benzene rings is 1. The Morgan fingerprint density at radius 3 is 2.71 bits per heavy atom. The molecule has 1 aliphatic carbocycles. The first kappa shape index (κ1) is 16.6. The Bertz CT molecular complexity index is 694. The number of hydrogen-bond acceptors (Lipinski definition) is 3. The maximum absolute atomic E-state index is 14.3. The third-order valence-electron chi connectivity index (χ3n) is 4.89. The molecule has 2 aromatic rings. The normalized spacial score (nSPS) is 20.8. The molecule has 1 fully saturated rings. The number of rotatable bonds is 4. The summed E-state index contributed by atoms with van der Waals surface area (Å²) < 4.78 is 15.8. The highest BCUT2D eigenvalue weighted by atomic mass is 19.1. The van der Waals surface area contributed by atoms with Crippen molar-refractivity contribution in [1.29, 1.82) is 0 Å². The summed E-state index contributed by atoms with van der Waals surface area (Å²) in [5.41, 5.74) is 0.665. The summed E-state index contributed by atoms with van der Waals surface area (Å²) in [4.78, 5) is 14.3. The van der Waals surface area contributed by atoms with Gasteiger partial charge in [-0.2, -0.15) is 5.10 Å². The minimum atomic E-state index is -0.470. The molecule has 0 unspecified atom stereocenters. The molecule has 24 heavy (non-hydrogen) atoms. The van der Waals surface area contributed by atoms with Crippen molar-refractivity contribution >= 4 is 5.91 Å². The van der Waals surface area contributed by atoms with Gasteiger partial charge in [0.05, 0.1) is 0 Å². The zero-order valence-corrected chi connectivity index (χ0v) is 13.7. The molecule has 6 heteroatoms. The molecular weight excluding hydrogens is 309 g/mol. The number of aliphatic hydroxyl groups is 1. The molecule has 1 heterocycles. The number of aliphatic hydroxyl groups excluding tert-OH is 1. The molecule has 1 amide bonds. The molecule has 3 rings (SSSR count). The lowest BCUT2D eigenvalue weighted by Gasteiger charge is -2.34. The van der Waals surface area contributed by atoms with E-state index in [0.29, 0.717) is 17.2 Å². The van der Waals surface area contributed by atoms with E-state index in [1.807, 2.05) is 0 Å². The van der Waals surface area contributed by atoms with E-state index in [-0.39, 0.29) is 18.6 Å². The van der Waals surface area contributed by atoms with Crippen molar-refractivity contribution in [1.82, 2.24) is 14.7 Å². The van der Waals surface area contributed by atoms with Crippen LogP contribution in [0.3, 0.4) is 0 Å². The van der Waals surface area contributed by atoms with E-state index in [4.69, 9.17) is 0 Å². The van der Waals surface area contributed by atoms with Crippen molar-refractivity contribution in [3.63, 3.8) is 0 Å². The van der Waals surface area contributed by atoms with Crippen molar-refractivity contribution in [2.75, 3.05) is 13.7 Å². The number of hydrogen-bond donors (Lipinski definition) is 1. The fourth-order valence-electron chi connectivity index (χ4n) is 3.32. The van der Waals surface area contributed by atoms with E-state index >= 15 is 0 Å². The van der Waals surface area contributed by atoms with Gasteiger partial charge in [-0.15, -0.1) is 0 Å². The first-order valence-electron chi connectivity index (χ1n) is 8.27. The lowest BCUT2D eigenvalue weighted by Crippen LogP contribution is -2.39. The van der Waals surface area contributed by atoms with Gasteiger partial charge in [-0.25, -0.2) is 9.07 Å². The van der Waals surface area contributed by atoms with Crippen molar-refractivity contribution in [2.45, 2.75) is 31.7 Å². The van der Waals surface area contributed by atoms with E-state index in [0.717, 1.165) is 25.7 Å². The maximum atomic E-state index is 14.3. The molecule has 0 atom stereocenters. The van der Waals surface area contributed by atoms with Crippen molar-refractivity contribution < 1.29 is 14.3 Å². The van der Waals surface area contributed by atoms with Gasteiger partial charge in [0, 0.05) is 37.7 Å². The van der Waals surface area contributed by atoms with Crippen molar-refractivity contribution in [3.05, 3.63) is 48.0 Å². The lowest BCUT2D eigenvalue weighted by molar-refractivity contribution is 0.0652. The predicted octanol–water partition coefficient (Wildman–Crippen LogP) is 2.63. The second-order valence-electron chi connectivity index (χ2n) is 6.39. The van der Waals surface area contributed by atoms with E-state index in [2.05, 4.69) is 5.10 Å². The summed E-state index contributed by atoms with van der Waals surface area (Å²) >= 11 is 0. The minimum absolute atomic E-state index is 0.147. The van der Waals surface area contributed by atoms with Gasteiger partial charge in [-0.05, 0) is 55.9 Å². The van der Waals surface area contributed by atoms with Gasteiger partial charge >= 0.3 is 0 Å². The van der Waals surface area contributed by atoms with Gasteiger partial charge in [0.1, 0.15) is 11.5 Å². The van der Waals surface area contributed by atoms with Crippen LogP contribution in [0.2, 0.25) is 0 Å². The Kier molecular flexibility index (Phi) is 4.94. The summed E-state index contributed by atoms with van der Waals surface area (Å²) in [5.74, 6) is -0.300. The van der Waals surface area contributed by atoms with Gasteiger partial charge in [0.25, 0.3) is 5.91 Å². The van der Waals surface area contributed by atoms with Crippen molar-refractivity contribution in [2.24, 2.45) is 5.92 Å². The van der Waals surface area contributed by atoms with Crippen LogP contribution in [0.15, 0.2) is 36.7 Å². The molecule has 0 saturated heterocycles. The molecular formula is C18H22FN3O2. The molecule has 1 aliphatic rings. The highest BCUT2D eigenvalue weighted by molar-refractivity contribution is 5.94. The average molecular weight is 331 g/mol. The standard InChI is InChI=1S/C18H22FN3O2/c1-21(15-6-3-13(12-23)4-7-15)18(24)14-5-8-17(16(19)11-14)22-10-2-9-20-22/h2,5,8-11,13,15,23H,3-4,6-7,12H2,1H3. The van der Waals surface area contributed by atoms with Crippen LogP contribution < -0.4 is 0 Å². The SMILES string of the molecule is CN(C(=O)c1ccc(-n2cccn2)c(F)c1)C1CCC(CO)CC1. The molecule has 0 aliphatic heterocycles. The largest absolute Gasteiger partial charge is 0.396 e. The molecule has 128 valence electrons. The summed E-state index contributed by atoms with van der Waals surface area (Å²) in [6.07, 6.45) is 6.83. The Hall–Kier alpha value is -2.21. The molecule has 0 radical (unpaired) electrons. The number of carbonyl (C=O) groups excluding carboxylic acids is 1. The van der Waals surface area contributed by atoms with Gasteiger partial charge < -0.3 is 10.0 Å². The Morgan fingerprint density at radius 1 is 1.38 bits per heavy atom. The highest BCUT2D eigenvalue weighted by Gasteiger charge is 2.27. The fraction of sp³-hybridized carbons (Fsp3) is 0.444. The van der Waals surface area contributed by atoms with Gasteiger partial charge in [0.15, 0.2) is 0 Å². The monoisotopic (exact) mass is 331 g/mol. The molecule has 1 aromatic carbocycles. The summed E-state index contributed by atoms with van der Waals surface area (Å²) in [6, 6.07) is 6.35. The second kappa shape index (κ2) is 7.13. The van der Waals surface area contributed by atoms with Crippen LogP contribution in [-0.4, -0.2) is 45.4 Å². The predicted molar refractivity (Wildman–Crippen MR) is 88.4 cm³/mol. The highest BCUT2D eigenvalue weighted by Crippen LogP contribution is 2.27. The Morgan fingerprint density at radius 2 is 2.12 bits per heavy atom. The smallest absolute Gasteiger partial charge is 0.253 e. The second-order valence-corrected chi connectivity index (χ2v) is 6.39. The van der Waals surface area contributed by atoms with Gasteiger partial charge in [-0.1, -0.05) is 0 Å². The zero-order valence-electron chi connectivity index (χ0n) is 13.7. The van der Waals surface area contributed by atoms with Gasteiger partial charge in [0.2, 0.25) is 0 Å². The average Bonchev–Trinajstić information content (AvgIpc) is 3.14. The first-order valence-corrected chi connectivity index (χ1v) is 8.27. The number of aromatic nitrogens is 2. The van der Waals surface area contributed by atoms with Crippen LogP contribution in [-0.2, 0) is 0 Å². The summed E-state index contributed by atoms with van der Waals surface area (Å²) in [7, 11) is 1.77. The lowest BCUT2D eigenvalue weighted by atomic mass is 9.86. The molecule has 0 spiro atoms. The van der Waals surface area contributed by atoms with Crippen molar-refractivity contribution in [3.8, 4) is 5.69 Å². The molecule has 5 nitrogen and oxygen atoms in total. The van der Waals surface area contributed by atoms with E-state index in [9.17, 15) is 14.3 Å². The number of nitrogens with zero attached hydrogens (tertiary/aromatic N) is 3. The van der Waals surface area contributed by atoms with Crippen LogP contribution in [0.1, 0.15) is 36.0 Å². The third kappa shape index (κ3) is 3.33. The molecule has 1 N–H and O–H groups in total. The number of amides is 1. The zero-order chi connectivity index (χ0) is 17.1. The topological polar surface area (TPSA) is 58.4 Å². The minimum Gasteiger partial charge on any atom is -0.396 e. The van der Waals surface area contributed by atoms with Gasteiger partial charge in [-0.3, -0.25) is 4.79 Å². The first-order chi connectivity index (χ1) is 11.6. The van der Waals surface area contributed by atoms with E-state index in [1.165, 1.54) is 10.7 Å². The van der Waals surface area contributed by atoms with Crippen LogP contribution in [0, 0.1) is 11.7 Å². The molecule has 1 aromatic heterocycles. The van der Waals surface area contributed by atoms with Crippen LogP contribution >= 0.6 is 0 Å². The van der Waals surface area contributed by atoms with E-state index in [1.54, 1.807) is 42.5 Å². The number of halogens is 1. The fourth-order valence-corrected chi connectivity index (χ4v) is 3.32. The molecule has 0 bridgehead atoms. The molecule has 1 saturated carbocycles. The summed E-state index contributed by atoms with van der Waals surface area (Å²) in [6.45, 7) is 0.213. The Balaban J connectivity index is 1.72. The van der Waals surface area contributed by atoms with Crippen LogP contribution in [0.5, 0.6) is 0 Å². The van der Waals surface area contributed by atoms with Crippen LogP contribution in [0.25, 0.3) is 5.69 Å². The van der Waals surface area contributed by atoms with E-state index < -0.39 is 5.82 Å². The number of carbonyl (C=O) groups is 1. The quantitative estimate of drug-likeness (QED) is 0.937. The third-order valence-corrected chi connectivity index (χ3v) is 4.89. The summed E-state index contributed by atoms with van der Waals surface area (Å²) in [5, 5.41) is 13.2. The Labute approximate surface area is 140 Å². The van der Waals surface area contributed by atoms with Crippen LogP contribution in [0.4, 0.5) is 4.39 Å².